The minimum absolute atomic E-state index is 0.577. The van der Waals surface area contributed by atoms with E-state index < -0.39 is 45.7 Å². The molecule has 1 fully saturated rings. The summed E-state index contributed by atoms with van der Waals surface area (Å²) in [6.45, 7) is -0.577. The van der Waals surface area contributed by atoms with Gasteiger partial charge in [-0.05, 0) is 0 Å². The molecule has 8 nitrogen and oxygen atoms in total. The van der Waals surface area contributed by atoms with Crippen molar-refractivity contribution < 1.29 is 35.7 Å². The van der Waals surface area contributed by atoms with Gasteiger partial charge >= 0.3 is 81.4 Å². The van der Waals surface area contributed by atoms with Crippen LogP contribution in [0.5, 0.6) is 0 Å². The molecule has 4 atom stereocenters. The number of rotatable bonds is 3. The van der Waals surface area contributed by atoms with Gasteiger partial charge in [0.05, 0.1) is 0 Å². The second-order valence-electron chi connectivity index (χ2n) is 2.80. The Kier molecular flexibility index (Phi) is 3.73. The second-order valence-corrected chi connectivity index (χ2v) is 5.30. The van der Waals surface area contributed by atoms with Gasteiger partial charge in [-0.2, -0.15) is 0 Å². The SMILES string of the molecule is O=[As](O)(O)OC1O[C@H](CO)[C@@H](O)[C@H]1O. The summed E-state index contributed by atoms with van der Waals surface area (Å²) in [5.41, 5.74) is 0. The molecule has 1 unspecified atom stereocenters. The third kappa shape index (κ3) is 2.78. The van der Waals surface area contributed by atoms with Gasteiger partial charge in [0.25, 0.3) is 0 Å². The Bertz CT molecular complexity index is 238. The fourth-order valence-corrected chi connectivity index (χ4v) is 2.02. The zero-order valence-electron chi connectivity index (χ0n) is 6.92. The van der Waals surface area contributed by atoms with E-state index in [1.165, 1.54) is 0 Å². The maximum absolute atomic E-state index is 10.4. The third-order valence-corrected chi connectivity index (χ3v) is 2.75. The molecule has 0 saturated carbocycles. The van der Waals surface area contributed by atoms with Crippen LogP contribution in [-0.4, -0.2) is 69.2 Å². The van der Waals surface area contributed by atoms with E-state index in [1.807, 2.05) is 0 Å². The van der Waals surface area contributed by atoms with Crippen LogP contribution >= 0.6 is 0 Å². The Hall–Kier alpha value is 0.0784. The maximum atomic E-state index is 10.4. The molecule has 14 heavy (non-hydrogen) atoms. The van der Waals surface area contributed by atoms with Crippen LogP contribution in [-0.2, 0) is 12.2 Å². The fraction of sp³-hybridized carbons (Fsp3) is 1.00. The van der Waals surface area contributed by atoms with Crippen LogP contribution in [0.4, 0.5) is 0 Å². The summed E-state index contributed by atoms with van der Waals surface area (Å²) in [4.78, 5) is 0. The van der Waals surface area contributed by atoms with Gasteiger partial charge in [0.2, 0.25) is 0 Å². The van der Waals surface area contributed by atoms with E-state index in [0.29, 0.717) is 0 Å². The van der Waals surface area contributed by atoms with Gasteiger partial charge < -0.3 is 0 Å². The number of aliphatic hydroxyl groups excluding tert-OH is 3. The monoisotopic (exact) mass is 274 g/mol. The fourth-order valence-electron chi connectivity index (χ4n) is 1.09. The zero-order valence-corrected chi connectivity index (χ0v) is 8.80. The molecule has 1 saturated heterocycles. The van der Waals surface area contributed by atoms with Crippen LogP contribution in [0.15, 0.2) is 0 Å². The van der Waals surface area contributed by atoms with Crippen LogP contribution < -0.4 is 0 Å². The minimum atomic E-state index is -5.38. The van der Waals surface area contributed by atoms with E-state index in [1.54, 1.807) is 0 Å². The quantitative estimate of drug-likeness (QED) is 0.331. The van der Waals surface area contributed by atoms with Crippen LogP contribution in [0.3, 0.4) is 0 Å². The molecule has 0 aromatic rings. The molecule has 0 aromatic heterocycles. The average Bonchev–Trinajstić information content (AvgIpc) is 2.30. The first-order valence-corrected chi connectivity index (χ1v) is 6.92. The van der Waals surface area contributed by atoms with Crippen molar-refractivity contribution >= 4 is 14.5 Å². The summed E-state index contributed by atoms with van der Waals surface area (Å²) in [7, 11) is 0. The van der Waals surface area contributed by atoms with E-state index in [4.69, 9.17) is 18.4 Å². The van der Waals surface area contributed by atoms with E-state index in [2.05, 4.69) is 8.46 Å². The van der Waals surface area contributed by atoms with Crippen molar-refractivity contribution in [2.75, 3.05) is 6.61 Å². The Labute approximate surface area is 82.0 Å². The Morgan fingerprint density at radius 1 is 1.29 bits per heavy atom. The predicted octanol–water partition coefficient (Wildman–Crippen LogP) is -3.71. The van der Waals surface area contributed by atoms with Crippen molar-refractivity contribution in [3.63, 3.8) is 0 Å². The van der Waals surface area contributed by atoms with E-state index >= 15 is 0 Å². The molecule has 0 amide bonds. The standard InChI is InChI=1S/C5H11AsO8/c7-1-2-3(8)4(9)5(13-2)14-6(10,11)12/h2-5,7-9H,1H2,(H2,10,11,12)/t2-,3-,4-,5?/m1/s1. The molecule has 0 radical (unpaired) electrons. The Morgan fingerprint density at radius 2 is 1.86 bits per heavy atom. The number of hydrogen-bond donors (Lipinski definition) is 5. The molecular weight excluding hydrogens is 263 g/mol. The molecule has 1 aliphatic heterocycles. The normalized spacial score (nSPS) is 38.9. The molecule has 1 aliphatic rings. The second kappa shape index (κ2) is 4.29. The molecule has 0 spiro atoms. The molecule has 1 heterocycles. The van der Waals surface area contributed by atoms with Crippen LogP contribution in [0, 0.1) is 0 Å². The van der Waals surface area contributed by atoms with E-state index in [0.717, 1.165) is 0 Å². The van der Waals surface area contributed by atoms with Crippen LogP contribution in [0.2, 0.25) is 0 Å². The zero-order chi connectivity index (χ0) is 10.9. The van der Waals surface area contributed by atoms with Crippen molar-refractivity contribution in [1.82, 2.24) is 0 Å². The van der Waals surface area contributed by atoms with Crippen molar-refractivity contribution in [1.29, 1.82) is 0 Å². The van der Waals surface area contributed by atoms with Gasteiger partial charge in [0.1, 0.15) is 0 Å². The topological polar surface area (TPSA) is 137 Å². The number of aliphatic hydroxyl groups is 3. The molecular formula is C5H11AsO8. The molecule has 0 aromatic carbocycles. The first-order chi connectivity index (χ1) is 6.35. The summed E-state index contributed by atoms with van der Waals surface area (Å²) in [6, 6.07) is 0. The number of ether oxygens (including phenoxy) is 1. The van der Waals surface area contributed by atoms with Gasteiger partial charge in [-0.1, -0.05) is 0 Å². The van der Waals surface area contributed by atoms with E-state index in [-0.39, 0.29) is 0 Å². The summed E-state index contributed by atoms with van der Waals surface area (Å²) in [5.74, 6) is 0. The van der Waals surface area contributed by atoms with Crippen molar-refractivity contribution in [3.05, 3.63) is 0 Å². The van der Waals surface area contributed by atoms with Gasteiger partial charge in [-0.25, -0.2) is 0 Å². The molecule has 0 aliphatic carbocycles. The number of hydrogen-bond acceptors (Lipinski definition) is 6. The van der Waals surface area contributed by atoms with Gasteiger partial charge in [-0.3, -0.25) is 0 Å². The average molecular weight is 274 g/mol. The summed E-state index contributed by atoms with van der Waals surface area (Å²) in [6.07, 6.45) is -5.72. The first kappa shape index (κ1) is 12.1. The molecule has 84 valence electrons. The molecule has 5 N–H and O–H groups in total. The van der Waals surface area contributed by atoms with Crippen LogP contribution in [0.1, 0.15) is 0 Å². The molecule has 9 heteroatoms. The van der Waals surface area contributed by atoms with Crippen molar-refractivity contribution in [2.24, 2.45) is 0 Å². The van der Waals surface area contributed by atoms with Gasteiger partial charge in [0, 0.05) is 0 Å². The molecule has 0 bridgehead atoms. The molecule has 1 rings (SSSR count). The Morgan fingerprint density at radius 3 is 2.21 bits per heavy atom. The summed E-state index contributed by atoms with van der Waals surface area (Å²) < 4.78 is 36.1. The van der Waals surface area contributed by atoms with Crippen molar-refractivity contribution in [3.8, 4) is 0 Å². The summed E-state index contributed by atoms with van der Waals surface area (Å²) in [5, 5.41) is 27.0. The first-order valence-electron chi connectivity index (χ1n) is 3.71. The van der Waals surface area contributed by atoms with Crippen molar-refractivity contribution in [2.45, 2.75) is 24.6 Å². The predicted molar refractivity (Wildman–Crippen MR) is 39.7 cm³/mol. The van der Waals surface area contributed by atoms with Crippen LogP contribution in [0.25, 0.3) is 0 Å². The van der Waals surface area contributed by atoms with E-state index in [9.17, 15) is 8.85 Å². The Balaban J connectivity index is 2.61. The summed E-state index contributed by atoms with van der Waals surface area (Å²) >= 11 is -5.38. The van der Waals surface area contributed by atoms with Gasteiger partial charge in [-0.15, -0.1) is 0 Å². The third-order valence-electron chi connectivity index (χ3n) is 1.74. The van der Waals surface area contributed by atoms with Gasteiger partial charge in [0.15, 0.2) is 0 Å².